The zero-order chi connectivity index (χ0) is 20.4. The quantitative estimate of drug-likeness (QED) is 0.461. The highest BCUT2D eigenvalue weighted by molar-refractivity contribution is 6.06. The summed E-state index contributed by atoms with van der Waals surface area (Å²) in [4.78, 5) is 23.9. The molecule has 3 heterocycles. The second-order valence-electron chi connectivity index (χ2n) is 8.28. The average Bonchev–Trinajstić information content (AvgIpc) is 3.23. The molecule has 7 nitrogen and oxygen atoms in total. The molecular weight excluding hydrogens is 471 g/mol. The van der Waals surface area contributed by atoms with Crippen molar-refractivity contribution in [3.05, 3.63) is 36.3 Å². The number of halogens is 3. The Morgan fingerprint density at radius 2 is 1.84 bits per heavy atom. The lowest BCUT2D eigenvalue weighted by atomic mass is 9.85. The number of H-pyrrole nitrogens is 1. The predicted molar refractivity (Wildman–Crippen MR) is 137 cm³/mol. The molecule has 176 valence electrons. The predicted octanol–water partition coefficient (Wildman–Crippen LogP) is 5.02. The van der Waals surface area contributed by atoms with Crippen LogP contribution in [0.3, 0.4) is 0 Å². The Kier molecular flexibility index (Phi) is 10.8. The first-order chi connectivity index (χ1) is 14.0. The second-order valence-corrected chi connectivity index (χ2v) is 8.28. The molecule has 0 radical (unpaired) electrons. The fourth-order valence-corrected chi connectivity index (χ4v) is 4.24. The third-order valence-corrected chi connectivity index (χ3v) is 5.70. The van der Waals surface area contributed by atoms with Gasteiger partial charge in [-0.2, -0.15) is 5.10 Å². The van der Waals surface area contributed by atoms with E-state index in [1.54, 1.807) is 19.3 Å². The van der Waals surface area contributed by atoms with Crippen molar-refractivity contribution in [1.82, 2.24) is 25.1 Å². The Balaban J connectivity index is 0.00000171. The molecule has 0 aliphatic heterocycles. The van der Waals surface area contributed by atoms with E-state index in [9.17, 15) is 4.79 Å². The third-order valence-electron chi connectivity index (χ3n) is 5.70. The van der Waals surface area contributed by atoms with Crippen molar-refractivity contribution in [2.75, 3.05) is 26.0 Å². The monoisotopic (exact) mass is 500 g/mol. The fourth-order valence-electron chi connectivity index (χ4n) is 4.24. The molecule has 1 fully saturated rings. The number of Topliss-reactive ketones (excluding diaryl/α,β-unsaturated/α-hetero) is 1. The van der Waals surface area contributed by atoms with Crippen LogP contribution >= 0.6 is 37.2 Å². The minimum Gasteiger partial charge on any atom is -0.380 e. The van der Waals surface area contributed by atoms with Crippen LogP contribution in [0.15, 0.2) is 30.7 Å². The second kappa shape index (κ2) is 12.3. The van der Waals surface area contributed by atoms with E-state index in [-0.39, 0.29) is 43.0 Å². The summed E-state index contributed by atoms with van der Waals surface area (Å²) in [7, 11) is 4.27. The van der Waals surface area contributed by atoms with Crippen LogP contribution in [-0.2, 0) is 0 Å². The maximum absolute atomic E-state index is 12.3. The van der Waals surface area contributed by atoms with E-state index in [4.69, 9.17) is 4.98 Å². The number of aromatic amines is 1. The molecule has 1 aliphatic carbocycles. The number of carbonyl (C=O) groups excluding carboxylic acids is 1. The van der Waals surface area contributed by atoms with Gasteiger partial charge in [-0.05, 0) is 64.8 Å². The molecule has 1 aliphatic rings. The average molecular weight is 502 g/mol. The van der Waals surface area contributed by atoms with Crippen molar-refractivity contribution >= 4 is 59.7 Å². The molecule has 0 atom stereocenters. The van der Waals surface area contributed by atoms with Crippen LogP contribution < -0.4 is 5.32 Å². The smallest absolute Gasteiger partial charge is 0.163 e. The first kappa shape index (κ1) is 28.1. The molecule has 4 rings (SSSR count). The van der Waals surface area contributed by atoms with Gasteiger partial charge in [-0.15, -0.1) is 37.2 Å². The lowest BCUT2D eigenvalue weighted by molar-refractivity contribution is 0.101. The summed E-state index contributed by atoms with van der Waals surface area (Å²) < 4.78 is 0. The van der Waals surface area contributed by atoms with Gasteiger partial charge in [0.25, 0.3) is 0 Å². The van der Waals surface area contributed by atoms with E-state index in [0.29, 0.717) is 11.6 Å². The number of nitrogens with one attached hydrogen (secondary N) is 2. The van der Waals surface area contributed by atoms with Crippen molar-refractivity contribution in [1.29, 1.82) is 0 Å². The van der Waals surface area contributed by atoms with Crippen LogP contribution in [0.2, 0.25) is 0 Å². The molecule has 3 aromatic rings. The van der Waals surface area contributed by atoms with Crippen molar-refractivity contribution in [2.45, 2.75) is 38.6 Å². The minimum absolute atomic E-state index is 0. The standard InChI is InChI=1S/C22H28N6O.3ClH/c1-14(29)18-12-23-20-9-8-19(16-10-24-25-11-16)27-22(20)21(18)26-17-6-4-15(5-7-17)13-28(2)3;;;/h8-12,15,17H,4-7,13H2,1-3H3,(H,23,26)(H,24,25);3*1H. The number of pyridine rings is 2. The molecular formula is C22H31Cl3N6O. The summed E-state index contributed by atoms with van der Waals surface area (Å²) in [6, 6.07) is 4.23. The Labute approximate surface area is 207 Å². The van der Waals surface area contributed by atoms with Crippen LogP contribution in [0.4, 0.5) is 5.69 Å². The molecule has 1 saturated carbocycles. The van der Waals surface area contributed by atoms with E-state index in [2.05, 4.69) is 39.5 Å². The van der Waals surface area contributed by atoms with E-state index >= 15 is 0 Å². The molecule has 0 unspecified atom stereocenters. The van der Waals surface area contributed by atoms with E-state index < -0.39 is 0 Å². The van der Waals surface area contributed by atoms with Gasteiger partial charge in [0.15, 0.2) is 5.78 Å². The number of carbonyl (C=O) groups is 1. The third kappa shape index (κ3) is 6.32. The Bertz CT molecular complexity index is 1000. The number of fused-ring (bicyclic) bond motifs is 1. The topological polar surface area (TPSA) is 86.8 Å². The fraction of sp³-hybridized carbons (Fsp3) is 0.455. The molecule has 0 amide bonds. The van der Waals surface area contributed by atoms with Gasteiger partial charge in [-0.25, -0.2) is 4.98 Å². The van der Waals surface area contributed by atoms with Gasteiger partial charge in [-0.1, -0.05) is 0 Å². The molecule has 10 heteroatoms. The van der Waals surface area contributed by atoms with Gasteiger partial charge in [0.2, 0.25) is 0 Å². The lowest BCUT2D eigenvalue weighted by Gasteiger charge is -2.31. The van der Waals surface area contributed by atoms with E-state index in [1.807, 2.05) is 18.3 Å². The van der Waals surface area contributed by atoms with Crippen LogP contribution in [0.5, 0.6) is 0 Å². The number of hydrogen-bond donors (Lipinski definition) is 2. The number of ketones is 1. The number of rotatable bonds is 6. The summed E-state index contributed by atoms with van der Waals surface area (Å²) in [5.74, 6) is 0.744. The van der Waals surface area contributed by atoms with Crippen LogP contribution in [0.1, 0.15) is 43.0 Å². The zero-order valence-corrected chi connectivity index (χ0v) is 20.9. The Hall–Kier alpha value is -1.93. The van der Waals surface area contributed by atoms with Gasteiger partial charge in [0.05, 0.1) is 28.7 Å². The Morgan fingerprint density at radius 1 is 1.12 bits per heavy atom. The van der Waals surface area contributed by atoms with Crippen LogP contribution in [0, 0.1) is 5.92 Å². The molecule has 2 N–H and O–H groups in total. The van der Waals surface area contributed by atoms with Crippen molar-refractivity contribution in [3.8, 4) is 11.3 Å². The largest absolute Gasteiger partial charge is 0.380 e. The molecule has 32 heavy (non-hydrogen) atoms. The normalized spacial score (nSPS) is 17.8. The molecule has 0 saturated heterocycles. The SMILES string of the molecule is CC(=O)c1cnc2ccc(-c3cn[nH]c3)nc2c1NC1CCC(CN(C)C)CC1.Cl.Cl.Cl. The summed E-state index contributed by atoms with van der Waals surface area (Å²) in [5.41, 5.74) is 4.66. The lowest BCUT2D eigenvalue weighted by Crippen LogP contribution is -2.31. The summed E-state index contributed by atoms with van der Waals surface area (Å²) in [6.45, 7) is 2.72. The summed E-state index contributed by atoms with van der Waals surface area (Å²) in [6.07, 6.45) is 9.82. The number of nitrogens with zero attached hydrogens (tertiary/aromatic N) is 4. The highest BCUT2D eigenvalue weighted by atomic mass is 35.5. The molecule has 0 spiro atoms. The highest BCUT2D eigenvalue weighted by Crippen LogP contribution is 2.32. The van der Waals surface area contributed by atoms with Crippen molar-refractivity contribution in [3.63, 3.8) is 0 Å². The van der Waals surface area contributed by atoms with Crippen molar-refractivity contribution in [2.24, 2.45) is 5.92 Å². The molecule has 3 aromatic heterocycles. The maximum atomic E-state index is 12.3. The van der Waals surface area contributed by atoms with Gasteiger partial charge >= 0.3 is 0 Å². The van der Waals surface area contributed by atoms with E-state index in [0.717, 1.165) is 53.3 Å². The summed E-state index contributed by atoms with van der Waals surface area (Å²) >= 11 is 0. The number of hydrogen-bond acceptors (Lipinski definition) is 6. The first-order valence-electron chi connectivity index (χ1n) is 10.2. The minimum atomic E-state index is -0.00120. The van der Waals surface area contributed by atoms with Gasteiger partial charge in [-0.3, -0.25) is 14.9 Å². The Morgan fingerprint density at radius 3 is 2.44 bits per heavy atom. The van der Waals surface area contributed by atoms with Gasteiger partial charge < -0.3 is 10.2 Å². The highest BCUT2D eigenvalue weighted by Gasteiger charge is 2.24. The van der Waals surface area contributed by atoms with Gasteiger partial charge in [0, 0.05) is 30.5 Å². The first-order valence-corrected chi connectivity index (χ1v) is 10.2. The molecule has 0 bridgehead atoms. The summed E-state index contributed by atoms with van der Waals surface area (Å²) in [5, 5.41) is 10.5. The van der Waals surface area contributed by atoms with Crippen molar-refractivity contribution < 1.29 is 4.79 Å². The van der Waals surface area contributed by atoms with E-state index in [1.165, 1.54) is 12.8 Å². The maximum Gasteiger partial charge on any atom is 0.163 e. The van der Waals surface area contributed by atoms with Crippen LogP contribution in [0.25, 0.3) is 22.3 Å². The number of aromatic nitrogens is 4. The van der Waals surface area contributed by atoms with Crippen LogP contribution in [-0.4, -0.2) is 57.5 Å². The van der Waals surface area contributed by atoms with Gasteiger partial charge in [0.1, 0.15) is 5.52 Å². The zero-order valence-electron chi connectivity index (χ0n) is 18.5. The molecule has 0 aromatic carbocycles. The number of anilines is 1.